The molecule has 0 aliphatic heterocycles. The first-order valence-corrected chi connectivity index (χ1v) is 35.7. The lowest BCUT2D eigenvalue weighted by Gasteiger charge is -2.18. The van der Waals surface area contributed by atoms with Crippen LogP contribution in [0.2, 0.25) is 0 Å². The zero-order valence-electron chi connectivity index (χ0n) is 54.9. The summed E-state index contributed by atoms with van der Waals surface area (Å²) in [7, 11) is 0. The van der Waals surface area contributed by atoms with Gasteiger partial charge in [0, 0.05) is 19.3 Å². The molecule has 1 unspecified atom stereocenters. The summed E-state index contributed by atoms with van der Waals surface area (Å²) >= 11 is 0. The molecule has 0 saturated carbocycles. The third kappa shape index (κ3) is 69.0. The lowest BCUT2D eigenvalue weighted by Crippen LogP contribution is -2.30. The fourth-order valence-electron chi connectivity index (χ4n) is 10.2. The molecule has 0 aromatic carbocycles. The van der Waals surface area contributed by atoms with E-state index in [2.05, 4.69) is 118 Å². The quantitative estimate of drug-likeness (QED) is 0.0261. The van der Waals surface area contributed by atoms with Gasteiger partial charge in [0.05, 0.1) is 0 Å². The minimum absolute atomic E-state index is 0.0802. The first kappa shape index (κ1) is 79.3. The molecule has 0 aromatic rings. The van der Waals surface area contributed by atoms with E-state index in [0.29, 0.717) is 19.3 Å². The van der Waals surface area contributed by atoms with Crippen molar-refractivity contribution in [1.82, 2.24) is 0 Å². The molecule has 6 nitrogen and oxygen atoms in total. The summed E-state index contributed by atoms with van der Waals surface area (Å²) in [5.74, 6) is -0.877. The number of hydrogen-bond donors (Lipinski definition) is 0. The molecular formula is C77H134O6. The molecule has 0 amide bonds. The van der Waals surface area contributed by atoms with E-state index < -0.39 is 6.10 Å². The van der Waals surface area contributed by atoms with Gasteiger partial charge in [-0.3, -0.25) is 14.4 Å². The predicted octanol–water partition coefficient (Wildman–Crippen LogP) is 24.8. The lowest BCUT2D eigenvalue weighted by atomic mass is 10.0. The van der Waals surface area contributed by atoms with Crippen molar-refractivity contribution in [3.8, 4) is 0 Å². The molecule has 83 heavy (non-hydrogen) atoms. The molecule has 0 rings (SSSR count). The minimum Gasteiger partial charge on any atom is -0.462 e. The maximum Gasteiger partial charge on any atom is 0.306 e. The van der Waals surface area contributed by atoms with Crippen LogP contribution < -0.4 is 0 Å². The minimum atomic E-state index is -0.787. The number of hydrogen-bond acceptors (Lipinski definition) is 6. The van der Waals surface area contributed by atoms with E-state index in [1.54, 1.807) is 0 Å². The molecule has 0 N–H and O–H groups in total. The zero-order valence-corrected chi connectivity index (χ0v) is 54.9. The number of esters is 3. The molecule has 0 aliphatic carbocycles. The van der Waals surface area contributed by atoms with Crippen LogP contribution in [-0.2, 0) is 28.6 Å². The van der Waals surface area contributed by atoms with Gasteiger partial charge in [-0.15, -0.1) is 0 Å². The monoisotopic (exact) mass is 1160 g/mol. The first-order valence-electron chi connectivity index (χ1n) is 35.7. The Kier molecular flexibility index (Phi) is 67.7. The number of allylic oxidation sites excluding steroid dienone is 16. The maximum absolute atomic E-state index is 13.0. The molecule has 478 valence electrons. The molecule has 1 atom stereocenters. The van der Waals surface area contributed by atoms with Crippen molar-refractivity contribution in [2.75, 3.05) is 13.2 Å². The second-order valence-electron chi connectivity index (χ2n) is 23.8. The SMILES string of the molecule is CC/C=C\C/C=C\C/C=C\C/C=C\C/C=C\CCCCCCCCCC(=O)OC(COC(=O)CCCCCCCCCCCC/C=C\C/C=C\C/C=C\CCCCCCC)COC(=O)CCCCCCCCCCCCCCCCCCC. The summed E-state index contributed by atoms with van der Waals surface area (Å²) < 4.78 is 17.0. The van der Waals surface area contributed by atoms with Crippen molar-refractivity contribution in [2.45, 2.75) is 361 Å². The Morgan fingerprint density at radius 1 is 0.253 bits per heavy atom. The van der Waals surface area contributed by atoms with E-state index in [4.69, 9.17) is 14.2 Å². The number of ether oxygens (including phenoxy) is 3. The lowest BCUT2D eigenvalue weighted by molar-refractivity contribution is -0.167. The highest BCUT2D eigenvalue weighted by atomic mass is 16.6. The van der Waals surface area contributed by atoms with E-state index in [0.717, 1.165) is 109 Å². The van der Waals surface area contributed by atoms with Gasteiger partial charge in [0.25, 0.3) is 0 Å². The molecule has 0 bridgehead atoms. The van der Waals surface area contributed by atoms with Crippen LogP contribution in [0.15, 0.2) is 97.2 Å². The predicted molar refractivity (Wildman–Crippen MR) is 362 cm³/mol. The van der Waals surface area contributed by atoms with Gasteiger partial charge in [-0.1, -0.05) is 330 Å². The molecule has 0 saturated heterocycles. The summed E-state index contributed by atoms with van der Waals surface area (Å²) in [6.45, 7) is 6.55. The number of carbonyl (C=O) groups excluding carboxylic acids is 3. The Hall–Kier alpha value is -3.67. The first-order chi connectivity index (χ1) is 41.0. The van der Waals surface area contributed by atoms with Crippen LogP contribution in [0.25, 0.3) is 0 Å². The second kappa shape index (κ2) is 70.8. The third-order valence-electron chi connectivity index (χ3n) is 15.6. The smallest absolute Gasteiger partial charge is 0.306 e. The van der Waals surface area contributed by atoms with Crippen LogP contribution in [-0.4, -0.2) is 37.2 Å². The van der Waals surface area contributed by atoms with Gasteiger partial charge < -0.3 is 14.2 Å². The average Bonchev–Trinajstić information content (AvgIpc) is 3.49. The summed E-state index contributed by atoms with van der Waals surface area (Å²) in [5, 5.41) is 0. The van der Waals surface area contributed by atoms with Crippen molar-refractivity contribution in [2.24, 2.45) is 0 Å². The fraction of sp³-hybridized carbons (Fsp3) is 0.753. The number of rotatable bonds is 65. The van der Waals surface area contributed by atoms with Gasteiger partial charge in [-0.25, -0.2) is 0 Å². The van der Waals surface area contributed by atoms with Crippen molar-refractivity contribution in [3.63, 3.8) is 0 Å². The van der Waals surface area contributed by atoms with Gasteiger partial charge in [0.2, 0.25) is 0 Å². The Morgan fingerprint density at radius 2 is 0.470 bits per heavy atom. The van der Waals surface area contributed by atoms with E-state index in [1.807, 2.05) is 0 Å². The highest BCUT2D eigenvalue weighted by molar-refractivity contribution is 5.71. The molecule has 0 radical (unpaired) electrons. The van der Waals surface area contributed by atoms with Gasteiger partial charge in [-0.2, -0.15) is 0 Å². The fourth-order valence-corrected chi connectivity index (χ4v) is 10.2. The molecule has 0 aromatic heterocycles. The van der Waals surface area contributed by atoms with Gasteiger partial charge >= 0.3 is 17.9 Å². The Labute approximate surface area is 515 Å². The standard InChI is InChI=1S/C77H134O6/c1-4-7-10-13-16-19-22-25-28-31-33-35-37-38-40-41-43-46-49-52-55-58-61-64-67-70-76(79)82-73-74(72-81-75(78)69-66-63-60-57-54-51-48-45-30-27-24-21-18-15-12-9-6-3)83-77(80)71-68-65-62-59-56-53-50-47-44-42-39-36-34-32-29-26-23-20-17-14-11-8-5-2/h8,11,17,20,22,25-26,29,31,33-34,36-38,42,44,74H,4-7,9-10,12-16,18-19,21,23-24,27-28,30,32,35,39-41,43,45-73H2,1-3H3/b11-8-,20-17-,25-22-,29-26-,33-31-,36-34-,38-37-,44-42-. The van der Waals surface area contributed by atoms with Crippen molar-refractivity contribution in [3.05, 3.63) is 97.2 Å². The Bertz CT molecular complexity index is 1610. The summed E-state index contributed by atoms with van der Waals surface area (Å²) in [5.41, 5.74) is 0. The molecule has 0 fully saturated rings. The summed E-state index contributed by atoms with van der Waals surface area (Å²) in [4.78, 5) is 38.5. The highest BCUT2D eigenvalue weighted by Crippen LogP contribution is 2.17. The van der Waals surface area contributed by atoms with Gasteiger partial charge in [0.1, 0.15) is 13.2 Å². The van der Waals surface area contributed by atoms with Crippen molar-refractivity contribution in [1.29, 1.82) is 0 Å². The van der Waals surface area contributed by atoms with Gasteiger partial charge in [0.15, 0.2) is 6.10 Å². The van der Waals surface area contributed by atoms with E-state index in [1.165, 1.54) is 205 Å². The number of unbranched alkanes of at least 4 members (excludes halogenated alkanes) is 38. The Balaban J connectivity index is 4.38. The normalized spacial score (nSPS) is 12.7. The van der Waals surface area contributed by atoms with Crippen molar-refractivity contribution < 1.29 is 28.6 Å². The van der Waals surface area contributed by atoms with E-state index in [9.17, 15) is 14.4 Å². The van der Waals surface area contributed by atoms with Crippen LogP contribution in [0.1, 0.15) is 355 Å². The average molecular weight is 1160 g/mol. The van der Waals surface area contributed by atoms with Crippen LogP contribution in [0, 0.1) is 0 Å². The summed E-state index contributed by atoms with van der Waals surface area (Å²) in [6.07, 6.45) is 95.6. The van der Waals surface area contributed by atoms with Gasteiger partial charge in [-0.05, 0) is 103 Å². The largest absolute Gasteiger partial charge is 0.462 e. The van der Waals surface area contributed by atoms with Crippen LogP contribution >= 0.6 is 0 Å². The van der Waals surface area contributed by atoms with Crippen LogP contribution in [0.4, 0.5) is 0 Å². The van der Waals surface area contributed by atoms with Crippen LogP contribution in [0.3, 0.4) is 0 Å². The molecular weight excluding hydrogens is 1020 g/mol. The summed E-state index contributed by atoms with van der Waals surface area (Å²) in [6, 6.07) is 0. The molecule has 0 spiro atoms. The molecule has 6 heteroatoms. The van der Waals surface area contributed by atoms with Crippen LogP contribution in [0.5, 0.6) is 0 Å². The third-order valence-corrected chi connectivity index (χ3v) is 15.6. The van der Waals surface area contributed by atoms with E-state index in [-0.39, 0.29) is 31.1 Å². The van der Waals surface area contributed by atoms with E-state index >= 15 is 0 Å². The topological polar surface area (TPSA) is 78.9 Å². The molecule has 0 heterocycles. The van der Waals surface area contributed by atoms with Crippen molar-refractivity contribution >= 4 is 17.9 Å². The number of carbonyl (C=O) groups is 3. The maximum atomic E-state index is 13.0. The second-order valence-corrected chi connectivity index (χ2v) is 23.8. The molecule has 0 aliphatic rings. The highest BCUT2D eigenvalue weighted by Gasteiger charge is 2.19. The Morgan fingerprint density at radius 3 is 0.735 bits per heavy atom. The zero-order chi connectivity index (χ0) is 59.9.